The maximum atomic E-state index is 12.1. The van der Waals surface area contributed by atoms with Gasteiger partial charge in [0.25, 0.3) is 5.91 Å². The zero-order chi connectivity index (χ0) is 20.5. The zero-order valence-electron chi connectivity index (χ0n) is 15.6. The number of carbonyl (C=O) groups is 1. The molecule has 0 radical (unpaired) electrons. The fourth-order valence-corrected chi connectivity index (χ4v) is 2.50. The van der Waals surface area contributed by atoms with Crippen LogP contribution in [0.25, 0.3) is 0 Å². The van der Waals surface area contributed by atoms with Crippen LogP contribution in [0.15, 0.2) is 42.5 Å². The molecule has 0 aromatic heterocycles. The van der Waals surface area contributed by atoms with Crippen molar-refractivity contribution in [3.63, 3.8) is 0 Å². The Bertz CT molecular complexity index is 832. The Morgan fingerprint density at radius 2 is 1.96 bits per heavy atom. The Hall–Kier alpha value is -2.88. The van der Waals surface area contributed by atoms with Crippen molar-refractivity contribution in [2.75, 3.05) is 20.3 Å². The van der Waals surface area contributed by atoms with Crippen LogP contribution in [0.4, 0.5) is 0 Å². The van der Waals surface area contributed by atoms with E-state index in [0.29, 0.717) is 27.8 Å². The SMILES string of the molecule is C#CCOc1ccc(O[C@H](C)CNC(=O)C(O)c2ccc(Cl)cc2)cc1OC. The van der Waals surface area contributed by atoms with E-state index in [1.54, 1.807) is 49.4 Å². The highest BCUT2D eigenvalue weighted by atomic mass is 35.5. The van der Waals surface area contributed by atoms with E-state index in [4.69, 9.17) is 32.2 Å². The molecule has 1 unspecified atom stereocenters. The molecule has 0 aliphatic rings. The lowest BCUT2D eigenvalue weighted by Gasteiger charge is -2.18. The number of terminal acetylenes is 1. The van der Waals surface area contributed by atoms with E-state index < -0.39 is 12.0 Å². The van der Waals surface area contributed by atoms with Crippen LogP contribution < -0.4 is 19.5 Å². The third kappa shape index (κ3) is 6.08. The third-order valence-corrected chi connectivity index (χ3v) is 4.03. The lowest BCUT2D eigenvalue weighted by Crippen LogP contribution is -2.36. The quantitative estimate of drug-likeness (QED) is 0.629. The van der Waals surface area contributed by atoms with Crippen LogP contribution in [0.5, 0.6) is 17.2 Å². The second-order valence-electron chi connectivity index (χ2n) is 5.93. The van der Waals surface area contributed by atoms with E-state index >= 15 is 0 Å². The highest BCUT2D eigenvalue weighted by Gasteiger charge is 2.18. The normalized spacial score (nSPS) is 12.4. The molecule has 0 fully saturated rings. The van der Waals surface area contributed by atoms with Crippen molar-refractivity contribution in [1.29, 1.82) is 0 Å². The van der Waals surface area contributed by atoms with Crippen LogP contribution in [0, 0.1) is 12.3 Å². The van der Waals surface area contributed by atoms with Crippen LogP contribution >= 0.6 is 11.6 Å². The maximum absolute atomic E-state index is 12.1. The Morgan fingerprint density at radius 1 is 1.25 bits per heavy atom. The van der Waals surface area contributed by atoms with Crippen molar-refractivity contribution in [1.82, 2.24) is 5.32 Å². The Kier molecular flexibility index (Phi) is 8.00. The van der Waals surface area contributed by atoms with Crippen molar-refractivity contribution in [2.45, 2.75) is 19.1 Å². The van der Waals surface area contributed by atoms with Gasteiger partial charge in [0.05, 0.1) is 13.7 Å². The van der Waals surface area contributed by atoms with Gasteiger partial charge in [0.2, 0.25) is 0 Å². The summed E-state index contributed by atoms with van der Waals surface area (Å²) in [7, 11) is 1.52. The van der Waals surface area contributed by atoms with Gasteiger partial charge in [-0.2, -0.15) is 0 Å². The summed E-state index contributed by atoms with van der Waals surface area (Å²) in [6.07, 6.45) is 3.56. The number of hydrogen-bond donors (Lipinski definition) is 2. The molecule has 2 rings (SSSR count). The standard InChI is InChI=1S/C21H22ClNO5/c1-4-11-27-18-10-9-17(12-19(18)26-3)28-14(2)13-23-21(25)20(24)15-5-7-16(22)8-6-15/h1,5-10,12,14,20,24H,11,13H2,2-3H3,(H,23,25)/t14-,20?/m1/s1. The Morgan fingerprint density at radius 3 is 2.61 bits per heavy atom. The van der Waals surface area contributed by atoms with Crippen molar-refractivity contribution < 1.29 is 24.1 Å². The third-order valence-electron chi connectivity index (χ3n) is 3.78. The molecule has 0 aliphatic carbocycles. The summed E-state index contributed by atoms with van der Waals surface area (Å²) in [6.45, 7) is 2.14. The van der Waals surface area contributed by atoms with Gasteiger partial charge in [-0.3, -0.25) is 4.79 Å². The highest BCUT2D eigenvalue weighted by Crippen LogP contribution is 2.31. The first kappa shape index (κ1) is 21.4. The molecule has 0 saturated carbocycles. The van der Waals surface area contributed by atoms with E-state index in [-0.39, 0.29) is 19.3 Å². The van der Waals surface area contributed by atoms with Gasteiger partial charge in [0.1, 0.15) is 18.5 Å². The molecule has 0 saturated heterocycles. The molecule has 2 N–H and O–H groups in total. The molecular formula is C21H22ClNO5. The topological polar surface area (TPSA) is 77.0 Å². The number of aliphatic hydroxyl groups is 1. The first-order valence-electron chi connectivity index (χ1n) is 8.56. The molecule has 7 heteroatoms. The zero-order valence-corrected chi connectivity index (χ0v) is 16.4. The lowest BCUT2D eigenvalue weighted by atomic mass is 10.1. The second kappa shape index (κ2) is 10.5. The number of nitrogens with one attached hydrogen (secondary N) is 1. The number of carbonyl (C=O) groups excluding carboxylic acids is 1. The van der Waals surface area contributed by atoms with Crippen LogP contribution in [0.3, 0.4) is 0 Å². The molecule has 6 nitrogen and oxygen atoms in total. The molecule has 1 amide bonds. The molecule has 28 heavy (non-hydrogen) atoms. The fraction of sp³-hybridized carbons (Fsp3) is 0.286. The lowest BCUT2D eigenvalue weighted by molar-refractivity contribution is -0.129. The molecule has 0 spiro atoms. The number of benzene rings is 2. The summed E-state index contributed by atoms with van der Waals surface area (Å²) in [5, 5.41) is 13.3. The van der Waals surface area contributed by atoms with Crippen LogP contribution in [-0.2, 0) is 4.79 Å². The van der Waals surface area contributed by atoms with Gasteiger partial charge in [-0.05, 0) is 36.8 Å². The first-order chi connectivity index (χ1) is 13.4. The van der Waals surface area contributed by atoms with Crippen molar-refractivity contribution in [2.24, 2.45) is 0 Å². The predicted molar refractivity (Wildman–Crippen MR) is 107 cm³/mol. The number of halogens is 1. The van der Waals surface area contributed by atoms with Crippen molar-refractivity contribution in [3.05, 3.63) is 53.1 Å². The number of rotatable bonds is 9. The smallest absolute Gasteiger partial charge is 0.253 e. The molecule has 0 heterocycles. The summed E-state index contributed by atoms with van der Waals surface area (Å²) in [5.41, 5.74) is 0.461. The van der Waals surface area contributed by atoms with Crippen molar-refractivity contribution >= 4 is 17.5 Å². The summed E-state index contributed by atoms with van der Waals surface area (Å²) in [4.78, 5) is 12.1. The summed E-state index contributed by atoms with van der Waals surface area (Å²) in [5.74, 6) is 3.42. The molecule has 148 valence electrons. The summed E-state index contributed by atoms with van der Waals surface area (Å²) < 4.78 is 16.4. The highest BCUT2D eigenvalue weighted by molar-refractivity contribution is 6.30. The monoisotopic (exact) mass is 403 g/mol. The van der Waals surface area contributed by atoms with Gasteiger partial charge in [-0.25, -0.2) is 0 Å². The van der Waals surface area contributed by atoms with E-state index in [9.17, 15) is 9.90 Å². The van der Waals surface area contributed by atoms with Gasteiger partial charge in [0.15, 0.2) is 17.6 Å². The number of hydrogen-bond acceptors (Lipinski definition) is 5. The molecule has 2 atom stereocenters. The average molecular weight is 404 g/mol. The minimum Gasteiger partial charge on any atom is -0.493 e. The van der Waals surface area contributed by atoms with Gasteiger partial charge < -0.3 is 24.6 Å². The Labute approximate surface area is 169 Å². The number of ether oxygens (including phenoxy) is 3. The number of aliphatic hydroxyl groups excluding tert-OH is 1. The number of amides is 1. The van der Waals surface area contributed by atoms with Gasteiger partial charge in [-0.1, -0.05) is 29.7 Å². The minimum absolute atomic E-state index is 0.134. The van der Waals surface area contributed by atoms with Gasteiger partial charge in [0, 0.05) is 11.1 Å². The maximum Gasteiger partial charge on any atom is 0.253 e. The summed E-state index contributed by atoms with van der Waals surface area (Å²) >= 11 is 5.81. The summed E-state index contributed by atoms with van der Waals surface area (Å²) in [6, 6.07) is 11.5. The Balaban J connectivity index is 1.89. The number of methoxy groups -OCH3 is 1. The molecule has 2 aromatic carbocycles. The van der Waals surface area contributed by atoms with Crippen LogP contribution in [0.2, 0.25) is 5.02 Å². The van der Waals surface area contributed by atoms with Crippen molar-refractivity contribution in [3.8, 4) is 29.6 Å². The average Bonchev–Trinajstić information content (AvgIpc) is 2.70. The van der Waals surface area contributed by atoms with E-state index in [2.05, 4.69) is 11.2 Å². The van der Waals surface area contributed by atoms with E-state index in [1.807, 2.05) is 0 Å². The molecular weight excluding hydrogens is 382 g/mol. The largest absolute Gasteiger partial charge is 0.493 e. The predicted octanol–water partition coefficient (Wildman–Crippen LogP) is 2.98. The van der Waals surface area contributed by atoms with Crippen LogP contribution in [0.1, 0.15) is 18.6 Å². The fourth-order valence-electron chi connectivity index (χ4n) is 2.37. The molecule has 2 aromatic rings. The first-order valence-corrected chi connectivity index (χ1v) is 8.94. The minimum atomic E-state index is -1.28. The molecule has 0 bridgehead atoms. The van der Waals surface area contributed by atoms with Crippen LogP contribution in [-0.4, -0.2) is 37.4 Å². The van der Waals surface area contributed by atoms with Gasteiger partial charge >= 0.3 is 0 Å². The van der Waals surface area contributed by atoms with E-state index in [1.165, 1.54) is 7.11 Å². The van der Waals surface area contributed by atoms with E-state index in [0.717, 1.165) is 0 Å². The molecule has 0 aliphatic heterocycles. The second-order valence-corrected chi connectivity index (χ2v) is 6.37. The van der Waals surface area contributed by atoms with Gasteiger partial charge in [-0.15, -0.1) is 6.42 Å².